The van der Waals surface area contributed by atoms with Crippen LogP contribution in [0.25, 0.3) is 145 Å². The Kier molecular flexibility index (Phi) is 17.0. The van der Waals surface area contributed by atoms with Gasteiger partial charge in [-0.1, -0.05) is 237 Å². The van der Waals surface area contributed by atoms with Gasteiger partial charge < -0.3 is 14.4 Å². The molecule has 120 heavy (non-hydrogen) atoms. The summed E-state index contributed by atoms with van der Waals surface area (Å²) in [6.07, 6.45) is 18.7. The Morgan fingerprint density at radius 2 is 0.475 bits per heavy atom. The normalized spacial score (nSPS) is 12.6. The van der Waals surface area contributed by atoms with Crippen LogP contribution >= 0.6 is 0 Å². The first-order valence-corrected chi connectivity index (χ1v) is 40.8. The Morgan fingerprint density at radius 1 is 0.167 bits per heavy atom. The van der Waals surface area contributed by atoms with Crippen LogP contribution in [0.2, 0.25) is 0 Å². The van der Waals surface area contributed by atoms with Gasteiger partial charge in [-0.3, -0.25) is 29.9 Å². The number of hydrogen-bond donors (Lipinski definition) is 0. The molecule has 0 amide bonds. The molecule has 13 heterocycles. The molecule has 19 aromatic rings. The molecule has 0 unspecified atom stereocenters. The Morgan fingerprint density at radius 3 is 0.833 bits per heavy atom. The van der Waals surface area contributed by atoms with Crippen LogP contribution in [0.3, 0.4) is 0 Å². The van der Waals surface area contributed by atoms with Crippen molar-refractivity contribution in [3.8, 4) is 145 Å². The van der Waals surface area contributed by atoms with Crippen LogP contribution in [0.4, 0.5) is 34.1 Å². The first-order chi connectivity index (χ1) is 59.6. The van der Waals surface area contributed by atoms with E-state index in [2.05, 4.69) is 348 Å². The van der Waals surface area contributed by atoms with Crippen LogP contribution in [-0.4, -0.2) is 55.4 Å². The van der Waals surface area contributed by atoms with E-state index in [1.54, 1.807) is 6.20 Å². The summed E-state index contributed by atoms with van der Waals surface area (Å²) in [5.74, 6) is 0. The molecule has 0 fully saturated rings. The summed E-state index contributed by atoms with van der Waals surface area (Å²) in [6, 6.07) is 129. The predicted molar refractivity (Wildman–Crippen MR) is 495 cm³/mol. The third kappa shape index (κ3) is 11.8. The van der Waals surface area contributed by atoms with Gasteiger partial charge >= 0.3 is 20.5 Å². The quantitative estimate of drug-likeness (QED) is 0.143. The summed E-state index contributed by atoms with van der Waals surface area (Å²) in [6.45, 7) is 0.363. The minimum atomic E-state index is 0.100. The summed E-state index contributed by atoms with van der Waals surface area (Å²) < 4.78 is 0. The maximum Gasteiger partial charge on any atom is 0.329 e. The van der Waals surface area contributed by atoms with E-state index < -0.39 is 0 Å². The molecule has 0 saturated carbocycles. The van der Waals surface area contributed by atoms with E-state index in [0.29, 0.717) is 0 Å². The Labute approximate surface area is 697 Å². The molecule has 25 rings (SSSR count). The molecule has 0 atom stereocenters. The molecule has 0 spiro atoms. The third-order valence-electron chi connectivity index (χ3n) is 24.5. The fraction of sp³-hybridized carbons (Fsp3) is 0. The van der Waals surface area contributed by atoms with Crippen molar-refractivity contribution < 1.29 is 0 Å². The van der Waals surface area contributed by atoms with Crippen molar-refractivity contribution in [2.24, 2.45) is 0 Å². The zero-order valence-corrected chi connectivity index (χ0v) is 65.0. The number of benzene rings is 12. The van der Waals surface area contributed by atoms with Crippen molar-refractivity contribution in [1.29, 1.82) is 0 Å². The van der Waals surface area contributed by atoms with Crippen LogP contribution in [0, 0.1) is 0 Å². The number of rotatable bonds is 7. The largest absolute Gasteiger partial charge is 0.376 e. The summed E-state index contributed by atoms with van der Waals surface area (Å²) in [7, 11) is 0. The molecule has 6 aliphatic heterocycles. The van der Waals surface area contributed by atoms with Crippen LogP contribution in [0.15, 0.2) is 420 Å². The van der Waals surface area contributed by atoms with Gasteiger partial charge in [-0.25, -0.2) is 4.98 Å². The monoisotopic (exact) mass is 1530 g/mol. The van der Waals surface area contributed by atoms with Crippen molar-refractivity contribution in [3.05, 3.63) is 420 Å². The average Bonchev–Trinajstić information content (AvgIpc) is 0.717. The Balaban J connectivity index is 0.000000105. The molecule has 12 aromatic carbocycles. The summed E-state index contributed by atoms with van der Waals surface area (Å²) >= 11 is 0. The van der Waals surface area contributed by atoms with Gasteiger partial charge in [-0.2, -0.15) is 0 Å². The van der Waals surface area contributed by atoms with Crippen LogP contribution in [0.5, 0.6) is 0 Å². The number of aromatic nitrogens is 7. The minimum Gasteiger partial charge on any atom is -0.376 e. The minimum absolute atomic E-state index is 0.100. The summed E-state index contributed by atoms with van der Waals surface area (Å²) in [5, 5.41) is 0. The van der Waals surface area contributed by atoms with E-state index in [0.717, 1.165) is 78.4 Å². The topological polar surface area (TPSA) is 99.9 Å². The lowest BCUT2D eigenvalue weighted by molar-refractivity contribution is 1.22. The van der Waals surface area contributed by atoms with Crippen molar-refractivity contribution in [2.75, 3.05) is 14.4 Å². The zero-order chi connectivity index (χ0) is 79.1. The highest BCUT2D eigenvalue weighted by molar-refractivity contribution is 6.94. The standard InChI is InChI=1S/C39H25BN4.2C34H22BN3/c1-4-14-32-28(11-1)30-13-3-6-18-38(30)44-39-20-19-26(23-31(39)29-12-2-5-15-33(29)40(32)44)27-24-36(34-16-7-9-21-41-34)43-37(25-27)35-17-8-10-22-42-35;1-4-12-31-27(9-1)29-11-3-6-14-33(29)38-34-16-15-23(19-30(34)28-10-2-5-13-32(28)35(31)38)25-18-26(22-37-21-25)24-8-7-17-36-20-24;1-4-10-31-27(7-1)29-9-3-6-12-33(29)38-34-14-13-24(20-30(34)28-8-2-5-11-32(28)35(31)38)26-19-25(21-37-22-26)23-15-17-36-18-16-23/h1-25H;2*1-22H. The molecular weight excluding hydrogens is 1460 g/mol. The van der Waals surface area contributed by atoms with Gasteiger partial charge in [0, 0.05) is 157 Å². The number of hydrogen-bond acceptors (Lipinski definition) is 10. The summed E-state index contributed by atoms with van der Waals surface area (Å²) in [5.41, 5.74) is 45.1. The molecular formula is C107H69B3N10. The van der Waals surface area contributed by atoms with Gasteiger partial charge in [0.25, 0.3) is 0 Å². The lowest BCUT2D eigenvalue weighted by Crippen LogP contribution is -2.59. The van der Waals surface area contributed by atoms with Gasteiger partial charge in [-0.15, -0.1) is 0 Å². The molecule has 0 radical (unpaired) electrons. The molecule has 0 aliphatic carbocycles. The van der Waals surface area contributed by atoms with E-state index in [1.165, 1.54) is 134 Å². The van der Waals surface area contributed by atoms with E-state index in [9.17, 15) is 0 Å². The maximum atomic E-state index is 4.99. The molecule has 6 aliphatic rings. The Bertz CT molecular complexity index is 6920. The number of fused-ring (bicyclic) bond motifs is 33. The second kappa shape index (κ2) is 29.2. The van der Waals surface area contributed by atoms with Gasteiger partial charge in [0.1, 0.15) is 0 Å². The van der Waals surface area contributed by atoms with Crippen molar-refractivity contribution in [3.63, 3.8) is 0 Å². The Hall–Kier alpha value is -15.7. The third-order valence-corrected chi connectivity index (χ3v) is 24.5. The second-order valence-electron chi connectivity index (χ2n) is 31.0. The van der Waals surface area contributed by atoms with E-state index in [4.69, 9.17) is 4.98 Å². The van der Waals surface area contributed by atoms with E-state index in [1.807, 2.05) is 110 Å². The number of para-hydroxylation sites is 3. The molecule has 10 nitrogen and oxygen atoms in total. The number of pyridine rings is 7. The molecule has 7 aromatic heterocycles. The molecule has 0 N–H and O–H groups in total. The van der Waals surface area contributed by atoms with Crippen molar-refractivity contribution in [2.45, 2.75) is 0 Å². The highest BCUT2D eigenvalue weighted by atomic mass is 15.1. The van der Waals surface area contributed by atoms with Gasteiger partial charge in [-0.05, 0) is 215 Å². The highest BCUT2D eigenvalue weighted by Gasteiger charge is 2.46. The lowest BCUT2D eigenvalue weighted by Gasteiger charge is -2.43. The fourth-order valence-electron chi connectivity index (χ4n) is 19.2. The van der Waals surface area contributed by atoms with Crippen LogP contribution < -0.4 is 47.2 Å². The lowest BCUT2D eigenvalue weighted by atomic mass is 9.43. The SMILES string of the molecule is c1ccc(-c2cc(-c3ccc4c(c3)-c3ccccc3B3c5ccccc5-c5ccccc5N34)cc(-c3ccccn3)n2)nc1.c1ccc2c(c1)B1c3ccccc3-c3cc(-c4cncc(-c5ccncc5)c4)ccc3N1c1ccccc1-2.c1cncc(-c2cncc(-c3ccc4c(c3)-c3ccccc3B3c5ccccc5-c5ccccc5N34)c2)c1. The predicted octanol–water partition coefficient (Wildman–Crippen LogP) is 21.2. The van der Waals surface area contributed by atoms with E-state index in [-0.39, 0.29) is 20.5 Å². The molecule has 556 valence electrons. The maximum absolute atomic E-state index is 4.99. The average molecular weight is 1530 g/mol. The summed E-state index contributed by atoms with van der Waals surface area (Å²) in [4.78, 5) is 39.4. The first-order valence-electron chi connectivity index (χ1n) is 40.8. The van der Waals surface area contributed by atoms with Crippen molar-refractivity contribution in [1.82, 2.24) is 34.9 Å². The number of anilines is 6. The van der Waals surface area contributed by atoms with Crippen molar-refractivity contribution >= 4 is 87.4 Å². The second-order valence-corrected chi connectivity index (χ2v) is 31.0. The molecule has 0 saturated heterocycles. The van der Waals surface area contributed by atoms with Crippen LogP contribution in [0.1, 0.15) is 0 Å². The van der Waals surface area contributed by atoms with Gasteiger partial charge in [0.05, 0.1) is 22.8 Å². The highest BCUT2D eigenvalue weighted by Crippen LogP contribution is 2.51. The molecule has 0 bridgehead atoms. The van der Waals surface area contributed by atoms with Gasteiger partial charge in [0.15, 0.2) is 0 Å². The fourth-order valence-corrected chi connectivity index (χ4v) is 19.2. The first kappa shape index (κ1) is 69.8. The van der Waals surface area contributed by atoms with Gasteiger partial charge in [0.2, 0.25) is 0 Å². The van der Waals surface area contributed by atoms with E-state index >= 15 is 0 Å². The van der Waals surface area contributed by atoms with Crippen LogP contribution in [-0.2, 0) is 0 Å². The molecule has 13 heteroatoms. The smallest absolute Gasteiger partial charge is 0.329 e. The number of nitrogens with zero attached hydrogens (tertiary/aromatic N) is 10. The zero-order valence-electron chi connectivity index (χ0n) is 65.0.